The highest BCUT2D eigenvalue weighted by molar-refractivity contribution is 6.08. The van der Waals surface area contributed by atoms with Gasteiger partial charge in [0.05, 0.1) is 18.4 Å². The van der Waals surface area contributed by atoms with Crippen molar-refractivity contribution in [1.82, 2.24) is 5.32 Å². The summed E-state index contributed by atoms with van der Waals surface area (Å²) in [6.07, 6.45) is 0.778. The van der Waals surface area contributed by atoms with E-state index in [1.165, 1.54) is 6.07 Å². The minimum absolute atomic E-state index is 0.00210. The molecule has 0 unspecified atom stereocenters. The van der Waals surface area contributed by atoms with Crippen molar-refractivity contribution in [2.24, 2.45) is 0 Å². The summed E-state index contributed by atoms with van der Waals surface area (Å²) in [5, 5.41) is 5.41. The van der Waals surface area contributed by atoms with E-state index in [2.05, 4.69) is 10.6 Å². The molecule has 7 heteroatoms. The van der Waals surface area contributed by atoms with Gasteiger partial charge in [0.25, 0.3) is 11.8 Å². The van der Waals surface area contributed by atoms with Crippen LogP contribution < -0.4 is 15.4 Å². The van der Waals surface area contributed by atoms with Crippen LogP contribution in [0.3, 0.4) is 0 Å². The van der Waals surface area contributed by atoms with Crippen LogP contribution in [0.2, 0.25) is 0 Å². The summed E-state index contributed by atoms with van der Waals surface area (Å²) >= 11 is 0. The Labute approximate surface area is 164 Å². The molecule has 0 bridgehead atoms. The number of para-hydroxylation sites is 1. The van der Waals surface area contributed by atoms with Crippen LogP contribution in [0.25, 0.3) is 0 Å². The molecule has 0 aromatic heterocycles. The first-order valence-electron chi connectivity index (χ1n) is 8.95. The molecule has 0 saturated carbocycles. The van der Waals surface area contributed by atoms with Gasteiger partial charge in [-0.1, -0.05) is 19.1 Å². The first-order valence-corrected chi connectivity index (χ1v) is 8.95. The van der Waals surface area contributed by atoms with Crippen LogP contribution >= 0.6 is 0 Å². The molecular weight excluding hydrogens is 360 g/mol. The molecule has 7 nitrogen and oxygen atoms in total. The van der Waals surface area contributed by atoms with Crippen LogP contribution in [-0.4, -0.2) is 37.5 Å². The molecule has 0 radical (unpaired) electrons. The van der Waals surface area contributed by atoms with Gasteiger partial charge in [-0.05, 0) is 49.7 Å². The van der Waals surface area contributed by atoms with Crippen LogP contribution in [0, 0.1) is 0 Å². The van der Waals surface area contributed by atoms with E-state index < -0.39 is 5.97 Å². The summed E-state index contributed by atoms with van der Waals surface area (Å²) in [5.74, 6) is -0.805. The zero-order chi connectivity index (χ0) is 20.5. The molecule has 1 atom stereocenters. The average molecular weight is 384 g/mol. The van der Waals surface area contributed by atoms with E-state index in [9.17, 15) is 14.4 Å². The summed E-state index contributed by atoms with van der Waals surface area (Å²) in [7, 11) is 1.54. The number of carbonyl (C=O) groups excluding carboxylic acids is 3. The van der Waals surface area contributed by atoms with Crippen molar-refractivity contribution in [3.8, 4) is 5.75 Å². The highest BCUT2D eigenvalue weighted by atomic mass is 16.5. The van der Waals surface area contributed by atoms with Crippen molar-refractivity contribution in [3.63, 3.8) is 0 Å². The van der Waals surface area contributed by atoms with Gasteiger partial charge in [0.1, 0.15) is 5.75 Å². The number of carbonyl (C=O) groups is 3. The topological polar surface area (TPSA) is 93.7 Å². The van der Waals surface area contributed by atoms with Gasteiger partial charge in [0.2, 0.25) is 0 Å². The number of amides is 2. The Hall–Kier alpha value is -3.35. The van der Waals surface area contributed by atoms with Gasteiger partial charge in [-0.25, -0.2) is 4.79 Å². The second kappa shape index (κ2) is 10.1. The molecule has 0 aliphatic heterocycles. The molecule has 0 saturated heterocycles. The molecule has 2 aromatic rings. The normalized spacial score (nSPS) is 11.2. The fourth-order valence-electron chi connectivity index (χ4n) is 2.33. The first-order chi connectivity index (χ1) is 13.4. The number of benzene rings is 2. The Morgan fingerprint density at radius 2 is 1.71 bits per heavy atom. The van der Waals surface area contributed by atoms with E-state index in [1.807, 2.05) is 13.8 Å². The van der Waals surface area contributed by atoms with Crippen LogP contribution in [0.1, 0.15) is 41.0 Å². The Morgan fingerprint density at radius 3 is 2.36 bits per heavy atom. The third kappa shape index (κ3) is 5.84. The Morgan fingerprint density at radius 1 is 1.04 bits per heavy atom. The van der Waals surface area contributed by atoms with Crippen molar-refractivity contribution in [2.75, 3.05) is 19.0 Å². The van der Waals surface area contributed by atoms with E-state index in [0.29, 0.717) is 17.0 Å². The van der Waals surface area contributed by atoms with Gasteiger partial charge in [0, 0.05) is 11.6 Å². The highest BCUT2D eigenvalue weighted by Gasteiger charge is 2.17. The van der Waals surface area contributed by atoms with Crippen LogP contribution in [-0.2, 0) is 9.53 Å². The molecule has 148 valence electrons. The third-order valence-electron chi connectivity index (χ3n) is 4.10. The standard InChI is InChI=1S/C21H24N2O5/c1-4-14(2)22-19(24)13-28-21(26)17-7-5-6-8-18(17)23-20(25)15-9-11-16(27-3)12-10-15/h5-12,14H,4,13H2,1-3H3,(H,22,24)(H,23,25)/t14-/m0/s1. The van der Waals surface area contributed by atoms with Crippen molar-refractivity contribution in [1.29, 1.82) is 0 Å². The maximum Gasteiger partial charge on any atom is 0.340 e. The number of esters is 1. The summed E-state index contributed by atoms with van der Waals surface area (Å²) in [4.78, 5) is 36.6. The first kappa shape index (κ1) is 21.0. The Kier molecular flexibility index (Phi) is 7.56. The van der Waals surface area contributed by atoms with E-state index in [-0.39, 0.29) is 30.0 Å². The number of hydrogen-bond acceptors (Lipinski definition) is 5. The van der Waals surface area contributed by atoms with Crippen molar-refractivity contribution in [2.45, 2.75) is 26.3 Å². The predicted molar refractivity (Wildman–Crippen MR) is 106 cm³/mol. The van der Waals surface area contributed by atoms with Gasteiger partial charge >= 0.3 is 5.97 Å². The number of anilines is 1. The van der Waals surface area contributed by atoms with Gasteiger partial charge in [-0.15, -0.1) is 0 Å². The zero-order valence-corrected chi connectivity index (χ0v) is 16.2. The zero-order valence-electron chi connectivity index (χ0n) is 16.2. The number of hydrogen-bond donors (Lipinski definition) is 2. The maximum atomic E-state index is 12.4. The van der Waals surface area contributed by atoms with E-state index in [4.69, 9.17) is 9.47 Å². The molecule has 28 heavy (non-hydrogen) atoms. The minimum atomic E-state index is -0.690. The highest BCUT2D eigenvalue weighted by Crippen LogP contribution is 2.18. The van der Waals surface area contributed by atoms with Crippen molar-refractivity contribution in [3.05, 3.63) is 59.7 Å². The molecule has 0 fully saturated rings. The second-order valence-electron chi connectivity index (χ2n) is 6.18. The molecule has 2 aromatic carbocycles. The molecule has 2 N–H and O–H groups in total. The predicted octanol–water partition coefficient (Wildman–Crippen LogP) is 3.02. The molecule has 0 spiro atoms. The summed E-state index contributed by atoms with van der Waals surface area (Å²) in [5.41, 5.74) is 0.883. The quantitative estimate of drug-likeness (QED) is 0.683. The summed E-state index contributed by atoms with van der Waals surface area (Å²) in [6.45, 7) is 3.42. The Bertz CT molecular complexity index is 833. The van der Waals surface area contributed by atoms with Crippen molar-refractivity contribution >= 4 is 23.5 Å². The fraction of sp³-hybridized carbons (Fsp3) is 0.286. The lowest BCUT2D eigenvalue weighted by molar-refractivity contribution is -0.124. The molecule has 0 aliphatic rings. The largest absolute Gasteiger partial charge is 0.497 e. The number of rotatable bonds is 8. The molecule has 0 heterocycles. The molecule has 2 amide bonds. The SMILES string of the molecule is CC[C@H](C)NC(=O)COC(=O)c1ccccc1NC(=O)c1ccc(OC)cc1. The summed E-state index contributed by atoms with van der Waals surface area (Å²) < 4.78 is 10.1. The van der Waals surface area contributed by atoms with Crippen LogP contribution in [0.4, 0.5) is 5.69 Å². The lowest BCUT2D eigenvalue weighted by atomic mass is 10.1. The monoisotopic (exact) mass is 384 g/mol. The smallest absolute Gasteiger partial charge is 0.340 e. The number of methoxy groups -OCH3 is 1. The van der Waals surface area contributed by atoms with Gasteiger partial charge in [0.15, 0.2) is 6.61 Å². The maximum absolute atomic E-state index is 12.4. The van der Waals surface area contributed by atoms with Crippen molar-refractivity contribution < 1.29 is 23.9 Å². The molecular formula is C21H24N2O5. The number of ether oxygens (including phenoxy) is 2. The van der Waals surface area contributed by atoms with E-state index in [0.717, 1.165) is 6.42 Å². The van der Waals surface area contributed by atoms with Crippen LogP contribution in [0.5, 0.6) is 5.75 Å². The number of nitrogens with one attached hydrogen (secondary N) is 2. The van der Waals surface area contributed by atoms with E-state index >= 15 is 0 Å². The van der Waals surface area contributed by atoms with Gasteiger partial charge in [-0.3, -0.25) is 9.59 Å². The third-order valence-corrected chi connectivity index (χ3v) is 4.10. The average Bonchev–Trinajstić information content (AvgIpc) is 2.72. The minimum Gasteiger partial charge on any atom is -0.497 e. The van der Waals surface area contributed by atoms with E-state index in [1.54, 1.807) is 49.6 Å². The lowest BCUT2D eigenvalue weighted by Crippen LogP contribution is -2.35. The fourth-order valence-corrected chi connectivity index (χ4v) is 2.33. The summed E-state index contributed by atoms with van der Waals surface area (Å²) in [6, 6.07) is 13.0. The van der Waals surface area contributed by atoms with Gasteiger partial charge < -0.3 is 20.1 Å². The second-order valence-corrected chi connectivity index (χ2v) is 6.18. The molecule has 0 aliphatic carbocycles. The lowest BCUT2D eigenvalue weighted by Gasteiger charge is -2.13. The molecule has 2 rings (SSSR count). The Balaban J connectivity index is 2.04. The van der Waals surface area contributed by atoms with Gasteiger partial charge in [-0.2, -0.15) is 0 Å². The van der Waals surface area contributed by atoms with Crippen LogP contribution in [0.15, 0.2) is 48.5 Å².